The van der Waals surface area contributed by atoms with E-state index in [1.807, 2.05) is 0 Å². The van der Waals surface area contributed by atoms with Crippen LogP contribution in [0.1, 0.15) is 24.8 Å². The van der Waals surface area contributed by atoms with E-state index in [0.29, 0.717) is 31.1 Å². The van der Waals surface area contributed by atoms with E-state index < -0.39 is 21.8 Å². The van der Waals surface area contributed by atoms with Gasteiger partial charge in [0.25, 0.3) is 0 Å². The zero-order valence-corrected chi connectivity index (χ0v) is 15.5. The topological polar surface area (TPSA) is 105 Å². The van der Waals surface area contributed by atoms with Gasteiger partial charge in [0.05, 0.1) is 18.0 Å². The molecular weight excluding hydrogens is 358 g/mol. The summed E-state index contributed by atoms with van der Waals surface area (Å²) in [7, 11) is -3.39. The lowest BCUT2D eigenvalue weighted by atomic mass is 10.0. The SMILES string of the molecule is CS(=O)(=O)N1CCCc2ccc(NC(=O)C(=O)NC[C@@H]3CCCO3)cc21. The second kappa shape index (κ2) is 7.63. The summed E-state index contributed by atoms with van der Waals surface area (Å²) in [6.45, 7) is 1.39. The van der Waals surface area contributed by atoms with Gasteiger partial charge < -0.3 is 15.4 Å². The van der Waals surface area contributed by atoms with Gasteiger partial charge in [-0.15, -0.1) is 0 Å². The largest absolute Gasteiger partial charge is 0.376 e. The predicted molar refractivity (Wildman–Crippen MR) is 97.6 cm³/mol. The standard InChI is InChI=1S/C17H23N3O5S/c1-26(23,24)20-8-2-4-12-6-7-13(10-15(12)20)19-17(22)16(21)18-11-14-5-3-9-25-14/h6-7,10,14H,2-5,8-9,11H2,1H3,(H,18,21)(H,19,22)/t14-/m0/s1. The van der Waals surface area contributed by atoms with Gasteiger partial charge in [-0.25, -0.2) is 8.42 Å². The van der Waals surface area contributed by atoms with Gasteiger partial charge >= 0.3 is 11.8 Å². The van der Waals surface area contributed by atoms with Crippen molar-refractivity contribution >= 4 is 33.2 Å². The number of ether oxygens (including phenoxy) is 1. The van der Waals surface area contributed by atoms with Crippen LogP contribution < -0.4 is 14.9 Å². The van der Waals surface area contributed by atoms with Crippen molar-refractivity contribution in [3.8, 4) is 0 Å². The molecule has 26 heavy (non-hydrogen) atoms. The van der Waals surface area contributed by atoms with Gasteiger partial charge in [-0.05, 0) is 43.4 Å². The summed E-state index contributed by atoms with van der Waals surface area (Å²) in [6.07, 6.45) is 4.46. The van der Waals surface area contributed by atoms with E-state index >= 15 is 0 Å². The number of benzene rings is 1. The van der Waals surface area contributed by atoms with Gasteiger partial charge in [-0.1, -0.05) is 6.07 Å². The first kappa shape index (κ1) is 18.7. The molecule has 142 valence electrons. The number of nitrogens with one attached hydrogen (secondary N) is 2. The molecule has 0 saturated carbocycles. The number of amides is 2. The van der Waals surface area contributed by atoms with Gasteiger partial charge in [0.15, 0.2) is 0 Å². The van der Waals surface area contributed by atoms with Gasteiger partial charge in [0, 0.05) is 25.4 Å². The molecule has 3 rings (SSSR count). The van der Waals surface area contributed by atoms with Crippen LogP contribution in [0.15, 0.2) is 18.2 Å². The monoisotopic (exact) mass is 381 g/mol. The molecule has 8 nitrogen and oxygen atoms in total. The lowest BCUT2D eigenvalue weighted by molar-refractivity contribution is -0.136. The Labute approximate surface area is 152 Å². The number of fused-ring (bicyclic) bond motifs is 1. The molecule has 9 heteroatoms. The average Bonchev–Trinajstić information content (AvgIpc) is 3.11. The fraction of sp³-hybridized carbons (Fsp3) is 0.529. The van der Waals surface area contributed by atoms with Crippen LogP contribution in [0.4, 0.5) is 11.4 Å². The number of carbonyl (C=O) groups excluding carboxylic acids is 2. The normalized spacial score (nSPS) is 19.7. The first-order valence-corrected chi connectivity index (χ1v) is 10.5. The highest BCUT2D eigenvalue weighted by Gasteiger charge is 2.25. The molecule has 0 aromatic heterocycles. The minimum Gasteiger partial charge on any atom is -0.376 e. The first-order chi connectivity index (χ1) is 12.3. The molecule has 0 radical (unpaired) electrons. The molecule has 2 N–H and O–H groups in total. The smallest absolute Gasteiger partial charge is 0.313 e. The van der Waals surface area contributed by atoms with Crippen molar-refractivity contribution in [3.05, 3.63) is 23.8 Å². The molecule has 2 aliphatic rings. The Balaban J connectivity index is 1.66. The zero-order chi connectivity index (χ0) is 18.7. The molecule has 1 atom stereocenters. The number of hydrogen-bond acceptors (Lipinski definition) is 5. The van der Waals surface area contributed by atoms with E-state index in [4.69, 9.17) is 4.74 Å². The van der Waals surface area contributed by atoms with Crippen molar-refractivity contribution in [3.63, 3.8) is 0 Å². The highest BCUT2D eigenvalue weighted by molar-refractivity contribution is 7.92. The van der Waals surface area contributed by atoms with E-state index in [9.17, 15) is 18.0 Å². The zero-order valence-electron chi connectivity index (χ0n) is 14.7. The molecule has 1 aromatic rings. The quantitative estimate of drug-likeness (QED) is 0.745. The minimum absolute atomic E-state index is 0.0428. The number of aryl methyl sites for hydroxylation is 1. The maximum atomic E-state index is 12.1. The average molecular weight is 381 g/mol. The van der Waals surface area contributed by atoms with Gasteiger partial charge in [0.1, 0.15) is 0 Å². The van der Waals surface area contributed by atoms with Crippen LogP contribution in [0.25, 0.3) is 0 Å². The summed E-state index contributed by atoms with van der Waals surface area (Å²) >= 11 is 0. The van der Waals surface area contributed by atoms with Crippen molar-refractivity contribution in [2.24, 2.45) is 0 Å². The Kier molecular flexibility index (Phi) is 5.47. The number of carbonyl (C=O) groups is 2. The molecule has 2 amide bonds. The first-order valence-electron chi connectivity index (χ1n) is 8.66. The summed E-state index contributed by atoms with van der Waals surface area (Å²) in [5, 5.41) is 5.08. The van der Waals surface area contributed by atoms with Crippen molar-refractivity contribution in [2.75, 3.05) is 35.6 Å². The Morgan fingerprint density at radius 2 is 2.08 bits per heavy atom. The molecule has 1 aromatic carbocycles. The molecule has 0 bridgehead atoms. The van der Waals surface area contributed by atoms with Crippen LogP contribution in [-0.4, -0.2) is 52.3 Å². The van der Waals surface area contributed by atoms with E-state index in [-0.39, 0.29) is 6.10 Å². The minimum atomic E-state index is -3.39. The maximum Gasteiger partial charge on any atom is 0.313 e. The molecule has 1 fully saturated rings. The van der Waals surface area contributed by atoms with E-state index in [0.717, 1.165) is 37.5 Å². The summed E-state index contributed by atoms with van der Waals surface area (Å²) in [6, 6.07) is 5.06. The Hall–Kier alpha value is -2.13. The highest BCUT2D eigenvalue weighted by Crippen LogP contribution is 2.31. The molecule has 0 aliphatic carbocycles. The number of hydrogen-bond donors (Lipinski definition) is 2. The van der Waals surface area contributed by atoms with Gasteiger partial charge in [-0.3, -0.25) is 13.9 Å². The Morgan fingerprint density at radius 3 is 2.77 bits per heavy atom. The molecule has 2 aliphatic heterocycles. The fourth-order valence-electron chi connectivity index (χ4n) is 3.24. The van der Waals surface area contributed by atoms with Crippen molar-refractivity contribution in [1.29, 1.82) is 0 Å². The lowest BCUT2D eigenvalue weighted by Gasteiger charge is -2.29. The van der Waals surface area contributed by atoms with E-state index in [2.05, 4.69) is 10.6 Å². The number of sulfonamides is 1. The predicted octanol–water partition coefficient (Wildman–Crippen LogP) is 0.632. The third-order valence-corrected chi connectivity index (χ3v) is 5.72. The molecule has 0 spiro atoms. The molecule has 1 saturated heterocycles. The van der Waals surface area contributed by atoms with Crippen molar-refractivity contribution < 1.29 is 22.7 Å². The highest BCUT2D eigenvalue weighted by atomic mass is 32.2. The van der Waals surface area contributed by atoms with Crippen LogP contribution >= 0.6 is 0 Å². The third kappa shape index (κ3) is 4.34. The van der Waals surface area contributed by atoms with Crippen LogP contribution in [0.5, 0.6) is 0 Å². The third-order valence-electron chi connectivity index (χ3n) is 4.54. The van der Waals surface area contributed by atoms with Crippen LogP contribution in [0, 0.1) is 0 Å². The van der Waals surface area contributed by atoms with Gasteiger partial charge in [-0.2, -0.15) is 0 Å². The van der Waals surface area contributed by atoms with E-state index in [1.165, 1.54) is 4.31 Å². The maximum absolute atomic E-state index is 12.1. The van der Waals surface area contributed by atoms with Crippen LogP contribution in [0.3, 0.4) is 0 Å². The van der Waals surface area contributed by atoms with Crippen molar-refractivity contribution in [2.45, 2.75) is 31.8 Å². The Morgan fingerprint density at radius 1 is 1.27 bits per heavy atom. The van der Waals surface area contributed by atoms with Gasteiger partial charge in [0.2, 0.25) is 10.0 Å². The van der Waals surface area contributed by atoms with Crippen LogP contribution in [0.2, 0.25) is 0 Å². The van der Waals surface area contributed by atoms with E-state index in [1.54, 1.807) is 18.2 Å². The number of nitrogens with zero attached hydrogens (tertiary/aromatic N) is 1. The summed E-state index contributed by atoms with van der Waals surface area (Å²) in [5.41, 5.74) is 1.84. The van der Waals surface area contributed by atoms with Crippen molar-refractivity contribution in [1.82, 2.24) is 5.32 Å². The summed E-state index contributed by atoms with van der Waals surface area (Å²) in [4.78, 5) is 24.0. The lowest BCUT2D eigenvalue weighted by Crippen LogP contribution is -2.39. The van der Waals surface area contributed by atoms with Crippen LogP contribution in [-0.2, 0) is 30.8 Å². The second-order valence-corrected chi connectivity index (χ2v) is 8.49. The molecule has 0 unspecified atom stereocenters. The number of anilines is 2. The molecule has 2 heterocycles. The number of rotatable bonds is 4. The summed E-state index contributed by atoms with van der Waals surface area (Å²) < 4.78 is 30.7. The second-order valence-electron chi connectivity index (χ2n) is 6.58. The summed E-state index contributed by atoms with van der Waals surface area (Å²) in [5.74, 6) is -1.53. The Bertz CT molecular complexity index is 803. The fourth-order valence-corrected chi connectivity index (χ4v) is 4.23. The molecular formula is C17H23N3O5S.